The van der Waals surface area contributed by atoms with E-state index in [4.69, 9.17) is 4.74 Å². The molecule has 3 aromatic rings. The summed E-state index contributed by atoms with van der Waals surface area (Å²) in [7, 11) is 0. The number of hydrogen-bond donors (Lipinski definition) is 1. The molecule has 0 radical (unpaired) electrons. The first kappa shape index (κ1) is 22.0. The quantitative estimate of drug-likeness (QED) is 0.448. The largest absolute Gasteiger partial charge is 0.573 e. The van der Waals surface area contributed by atoms with Crippen molar-refractivity contribution in [3.63, 3.8) is 0 Å². The molecule has 0 heterocycles. The topological polar surface area (TPSA) is 55.8 Å². The van der Waals surface area contributed by atoms with Gasteiger partial charge in [-0.2, -0.15) is 0 Å². The predicted molar refractivity (Wildman–Crippen MR) is 111 cm³/mol. The van der Waals surface area contributed by atoms with Gasteiger partial charge in [0, 0.05) is 11.1 Å². The highest BCUT2D eigenvalue weighted by molar-refractivity contribution is 5.92. The standard InChI is InChI=1S/C24H19F3O4/c1-16(23(28)29)13-20-14-19(18-7-10-21(11-8-18)31-24(25,26)27)9-12-22(20)30-15-17-5-3-2-4-6-17/h2-14H,15H2,1H3,(H,28,29). The Bertz CT molecular complexity index is 1070. The lowest BCUT2D eigenvalue weighted by Gasteiger charge is -2.13. The highest BCUT2D eigenvalue weighted by Crippen LogP contribution is 2.31. The molecule has 0 amide bonds. The lowest BCUT2D eigenvalue weighted by molar-refractivity contribution is -0.274. The van der Waals surface area contributed by atoms with Crippen LogP contribution in [0.5, 0.6) is 11.5 Å². The van der Waals surface area contributed by atoms with Gasteiger partial charge in [0.05, 0.1) is 0 Å². The zero-order valence-corrected chi connectivity index (χ0v) is 16.5. The molecule has 0 fully saturated rings. The average molecular weight is 428 g/mol. The fourth-order valence-corrected chi connectivity index (χ4v) is 2.85. The second kappa shape index (κ2) is 9.38. The highest BCUT2D eigenvalue weighted by Gasteiger charge is 2.30. The number of hydrogen-bond acceptors (Lipinski definition) is 3. The highest BCUT2D eigenvalue weighted by atomic mass is 19.4. The maximum atomic E-state index is 12.4. The molecule has 0 aliphatic carbocycles. The van der Waals surface area contributed by atoms with Gasteiger partial charge in [0.1, 0.15) is 18.1 Å². The van der Waals surface area contributed by atoms with Gasteiger partial charge in [0.2, 0.25) is 0 Å². The molecule has 160 valence electrons. The number of alkyl halides is 3. The Labute approximate surface area is 177 Å². The third-order valence-electron chi connectivity index (χ3n) is 4.38. The summed E-state index contributed by atoms with van der Waals surface area (Å²) in [5.41, 5.74) is 2.96. The van der Waals surface area contributed by atoms with Gasteiger partial charge in [-0.15, -0.1) is 13.2 Å². The molecular weight excluding hydrogens is 409 g/mol. The Morgan fingerprint density at radius 3 is 2.23 bits per heavy atom. The van der Waals surface area contributed by atoms with Crippen molar-refractivity contribution in [2.75, 3.05) is 0 Å². The first-order valence-corrected chi connectivity index (χ1v) is 9.30. The van der Waals surface area contributed by atoms with Crippen molar-refractivity contribution in [2.45, 2.75) is 19.9 Å². The lowest BCUT2D eigenvalue weighted by Crippen LogP contribution is -2.16. The summed E-state index contributed by atoms with van der Waals surface area (Å²) >= 11 is 0. The number of aliphatic carboxylic acids is 1. The number of carboxylic acids is 1. The second-order valence-corrected chi connectivity index (χ2v) is 6.73. The summed E-state index contributed by atoms with van der Waals surface area (Å²) in [4.78, 5) is 11.3. The zero-order chi connectivity index (χ0) is 22.4. The van der Waals surface area contributed by atoms with E-state index in [0.29, 0.717) is 29.0 Å². The molecule has 0 unspecified atom stereocenters. The Kier molecular flexibility index (Phi) is 6.65. The molecule has 0 spiro atoms. The Hall–Kier alpha value is -3.74. The number of benzene rings is 3. The normalized spacial score (nSPS) is 11.8. The molecule has 0 saturated heterocycles. The van der Waals surface area contributed by atoms with Crippen molar-refractivity contribution >= 4 is 12.0 Å². The molecule has 3 rings (SSSR count). The minimum absolute atomic E-state index is 0.121. The van der Waals surface area contributed by atoms with Crippen molar-refractivity contribution in [1.82, 2.24) is 0 Å². The average Bonchev–Trinajstić information content (AvgIpc) is 2.73. The molecule has 0 aliphatic heterocycles. The van der Waals surface area contributed by atoms with Gasteiger partial charge in [-0.1, -0.05) is 48.5 Å². The monoisotopic (exact) mass is 428 g/mol. The fourth-order valence-electron chi connectivity index (χ4n) is 2.85. The van der Waals surface area contributed by atoms with Crippen LogP contribution in [0.15, 0.2) is 78.4 Å². The van der Waals surface area contributed by atoms with E-state index >= 15 is 0 Å². The molecule has 4 nitrogen and oxygen atoms in total. The van der Waals surface area contributed by atoms with Gasteiger partial charge in [-0.05, 0) is 54.0 Å². The Morgan fingerprint density at radius 1 is 0.968 bits per heavy atom. The summed E-state index contributed by atoms with van der Waals surface area (Å²) in [6.45, 7) is 1.77. The zero-order valence-electron chi connectivity index (χ0n) is 16.5. The van der Waals surface area contributed by atoms with E-state index < -0.39 is 12.3 Å². The van der Waals surface area contributed by atoms with E-state index in [1.165, 1.54) is 37.3 Å². The predicted octanol–water partition coefficient (Wildman–Crippen LogP) is 6.32. The van der Waals surface area contributed by atoms with Crippen molar-refractivity contribution in [1.29, 1.82) is 0 Å². The van der Waals surface area contributed by atoms with Gasteiger partial charge >= 0.3 is 12.3 Å². The third kappa shape index (κ3) is 6.37. The molecular formula is C24H19F3O4. The van der Waals surface area contributed by atoms with E-state index in [1.807, 2.05) is 30.3 Å². The van der Waals surface area contributed by atoms with E-state index in [2.05, 4.69) is 4.74 Å². The molecule has 1 N–H and O–H groups in total. The van der Waals surface area contributed by atoms with Crippen molar-refractivity contribution in [3.8, 4) is 22.6 Å². The number of carbonyl (C=O) groups is 1. The van der Waals surface area contributed by atoms with Gasteiger partial charge < -0.3 is 14.6 Å². The minimum Gasteiger partial charge on any atom is -0.488 e. The third-order valence-corrected chi connectivity index (χ3v) is 4.38. The van der Waals surface area contributed by atoms with Crippen molar-refractivity contribution < 1.29 is 32.5 Å². The smallest absolute Gasteiger partial charge is 0.488 e. The number of rotatable bonds is 7. The van der Waals surface area contributed by atoms with Gasteiger partial charge in [0.15, 0.2) is 0 Å². The molecule has 0 atom stereocenters. The Morgan fingerprint density at radius 2 is 1.61 bits per heavy atom. The number of ether oxygens (including phenoxy) is 2. The minimum atomic E-state index is -4.76. The maximum Gasteiger partial charge on any atom is 0.573 e. The summed E-state index contributed by atoms with van der Waals surface area (Å²) in [5.74, 6) is -0.890. The summed E-state index contributed by atoms with van der Waals surface area (Å²) in [6, 6.07) is 20.1. The van der Waals surface area contributed by atoms with Crippen LogP contribution in [0.3, 0.4) is 0 Å². The number of carboxylic acid groups (broad SMARTS) is 1. The van der Waals surface area contributed by atoms with E-state index in [1.54, 1.807) is 18.2 Å². The van der Waals surface area contributed by atoms with Crippen LogP contribution >= 0.6 is 0 Å². The summed E-state index contributed by atoms with van der Waals surface area (Å²) in [5, 5.41) is 9.24. The lowest BCUT2D eigenvalue weighted by atomic mass is 10.0. The van der Waals surface area contributed by atoms with E-state index in [9.17, 15) is 23.1 Å². The Balaban J connectivity index is 1.90. The van der Waals surface area contributed by atoms with Crippen LogP contribution in [-0.4, -0.2) is 17.4 Å². The maximum absolute atomic E-state index is 12.4. The molecule has 7 heteroatoms. The molecule has 31 heavy (non-hydrogen) atoms. The van der Waals surface area contributed by atoms with Crippen LogP contribution in [-0.2, 0) is 11.4 Å². The molecule has 0 bridgehead atoms. The number of halogens is 3. The SMILES string of the molecule is CC(=Cc1cc(-c2ccc(OC(F)(F)F)cc2)ccc1OCc1ccccc1)C(=O)O. The first-order chi connectivity index (χ1) is 14.7. The summed E-state index contributed by atoms with van der Waals surface area (Å²) in [6.07, 6.45) is -3.27. The molecule has 0 aromatic heterocycles. The van der Waals surface area contributed by atoms with E-state index in [0.717, 1.165) is 5.56 Å². The van der Waals surface area contributed by atoms with Crippen LogP contribution in [0.25, 0.3) is 17.2 Å². The van der Waals surface area contributed by atoms with Crippen LogP contribution in [0.1, 0.15) is 18.1 Å². The van der Waals surface area contributed by atoms with Crippen molar-refractivity contribution in [2.24, 2.45) is 0 Å². The molecule has 0 saturated carbocycles. The van der Waals surface area contributed by atoms with Gasteiger partial charge in [-0.3, -0.25) is 0 Å². The fraction of sp³-hybridized carbons (Fsp3) is 0.125. The van der Waals surface area contributed by atoms with Crippen LogP contribution in [0.4, 0.5) is 13.2 Å². The second-order valence-electron chi connectivity index (χ2n) is 6.73. The summed E-state index contributed by atoms with van der Waals surface area (Å²) < 4.78 is 46.8. The van der Waals surface area contributed by atoms with Crippen LogP contribution in [0, 0.1) is 0 Å². The molecule has 3 aromatic carbocycles. The van der Waals surface area contributed by atoms with Crippen LogP contribution < -0.4 is 9.47 Å². The van der Waals surface area contributed by atoms with E-state index in [-0.39, 0.29) is 11.3 Å². The molecule has 0 aliphatic rings. The van der Waals surface area contributed by atoms with Gasteiger partial charge in [-0.25, -0.2) is 4.79 Å². The van der Waals surface area contributed by atoms with Gasteiger partial charge in [0.25, 0.3) is 0 Å². The first-order valence-electron chi connectivity index (χ1n) is 9.30. The van der Waals surface area contributed by atoms with Crippen LogP contribution in [0.2, 0.25) is 0 Å². The van der Waals surface area contributed by atoms with Crippen molar-refractivity contribution in [3.05, 3.63) is 89.5 Å².